The number of carbonyl (C=O) groups is 1. The molecule has 2 aromatic carbocycles. The zero-order valence-electron chi connectivity index (χ0n) is 20.9. The van der Waals surface area contributed by atoms with E-state index >= 15 is 0 Å². The van der Waals surface area contributed by atoms with E-state index in [2.05, 4.69) is 55.5 Å². The molecule has 0 aliphatic heterocycles. The van der Waals surface area contributed by atoms with Crippen molar-refractivity contribution in [1.29, 1.82) is 0 Å². The number of carbonyl (C=O) groups excluding carboxylic acids is 1. The number of benzene rings is 2. The summed E-state index contributed by atoms with van der Waals surface area (Å²) in [5, 5.41) is 8.88. The summed E-state index contributed by atoms with van der Waals surface area (Å²) < 4.78 is 1.95. The van der Waals surface area contributed by atoms with Gasteiger partial charge in [0.1, 0.15) is 0 Å². The third-order valence-electron chi connectivity index (χ3n) is 7.24. The Morgan fingerprint density at radius 1 is 1.00 bits per heavy atom. The summed E-state index contributed by atoms with van der Waals surface area (Å²) >= 11 is 0. The molecule has 0 spiro atoms. The number of hydrogen-bond donors (Lipinski definition) is 1. The van der Waals surface area contributed by atoms with Crippen molar-refractivity contribution in [3.05, 3.63) is 77.6 Å². The van der Waals surface area contributed by atoms with E-state index in [4.69, 9.17) is 4.98 Å². The molecule has 0 bridgehead atoms. The lowest BCUT2D eigenvalue weighted by atomic mass is 10.0. The molecule has 1 N–H and O–H groups in total. The van der Waals surface area contributed by atoms with Crippen molar-refractivity contribution in [2.24, 2.45) is 0 Å². The molecule has 1 aliphatic carbocycles. The van der Waals surface area contributed by atoms with Gasteiger partial charge < -0.3 is 5.32 Å². The molecular formula is C30H34N4O. The largest absolute Gasteiger partial charge is 0.349 e. The minimum absolute atomic E-state index is 0.00827. The highest BCUT2D eigenvalue weighted by molar-refractivity contribution is 6.07. The third-order valence-corrected chi connectivity index (χ3v) is 7.24. The summed E-state index contributed by atoms with van der Waals surface area (Å²) in [6, 6.07) is 18.6. The molecule has 1 amide bonds. The second-order valence-corrected chi connectivity index (χ2v) is 10.0. The van der Waals surface area contributed by atoms with Gasteiger partial charge in [0.25, 0.3) is 5.91 Å². The predicted octanol–water partition coefficient (Wildman–Crippen LogP) is 6.97. The fourth-order valence-corrected chi connectivity index (χ4v) is 5.11. The fourth-order valence-electron chi connectivity index (χ4n) is 5.11. The number of rotatable bonds is 5. The number of para-hydroxylation sites is 1. The molecule has 0 unspecified atom stereocenters. The highest BCUT2D eigenvalue weighted by Gasteiger charge is 2.20. The fraction of sp³-hybridized carbons (Fsp3) is 0.367. The Labute approximate surface area is 207 Å². The Balaban J connectivity index is 1.51. The highest BCUT2D eigenvalue weighted by atomic mass is 16.1. The zero-order valence-corrected chi connectivity index (χ0v) is 20.9. The van der Waals surface area contributed by atoms with Gasteiger partial charge in [0.05, 0.1) is 34.4 Å². The molecule has 1 fully saturated rings. The maximum absolute atomic E-state index is 13.5. The summed E-state index contributed by atoms with van der Waals surface area (Å²) in [5.74, 6) is 0.480. The van der Waals surface area contributed by atoms with Crippen molar-refractivity contribution in [2.45, 2.75) is 71.3 Å². The van der Waals surface area contributed by atoms with Crippen LogP contribution in [0, 0.1) is 6.92 Å². The van der Waals surface area contributed by atoms with Crippen LogP contribution in [0.2, 0.25) is 0 Å². The molecule has 35 heavy (non-hydrogen) atoms. The normalized spacial score (nSPS) is 14.9. The zero-order chi connectivity index (χ0) is 24.4. The maximum atomic E-state index is 13.5. The average molecular weight is 467 g/mol. The molecule has 0 radical (unpaired) electrons. The van der Waals surface area contributed by atoms with Crippen LogP contribution in [0.3, 0.4) is 0 Å². The molecular weight excluding hydrogens is 432 g/mol. The van der Waals surface area contributed by atoms with Crippen molar-refractivity contribution >= 4 is 16.8 Å². The van der Waals surface area contributed by atoms with E-state index in [0.29, 0.717) is 11.5 Å². The van der Waals surface area contributed by atoms with E-state index < -0.39 is 0 Å². The number of nitrogens with zero attached hydrogens (tertiary/aromatic N) is 3. The van der Waals surface area contributed by atoms with Gasteiger partial charge in [0.15, 0.2) is 0 Å². The van der Waals surface area contributed by atoms with Crippen molar-refractivity contribution in [2.75, 3.05) is 0 Å². The monoisotopic (exact) mass is 466 g/mol. The van der Waals surface area contributed by atoms with Crippen LogP contribution in [0.4, 0.5) is 0 Å². The van der Waals surface area contributed by atoms with Crippen LogP contribution in [-0.4, -0.2) is 26.7 Å². The summed E-state index contributed by atoms with van der Waals surface area (Å²) in [5.41, 5.74) is 6.54. The van der Waals surface area contributed by atoms with Gasteiger partial charge in [-0.05, 0) is 55.5 Å². The van der Waals surface area contributed by atoms with Gasteiger partial charge in [0, 0.05) is 17.0 Å². The third kappa shape index (κ3) is 4.86. The molecule has 5 rings (SSSR count). The van der Waals surface area contributed by atoms with Gasteiger partial charge >= 0.3 is 0 Å². The quantitative estimate of drug-likeness (QED) is 0.323. The van der Waals surface area contributed by atoms with E-state index in [1.54, 1.807) is 0 Å². The molecule has 5 heteroatoms. The molecule has 5 nitrogen and oxygen atoms in total. The molecule has 180 valence electrons. The molecule has 0 atom stereocenters. The van der Waals surface area contributed by atoms with E-state index in [0.717, 1.165) is 46.4 Å². The van der Waals surface area contributed by atoms with Gasteiger partial charge in [-0.3, -0.25) is 4.79 Å². The molecule has 1 saturated carbocycles. The van der Waals surface area contributed by atoms with Gasteiger partial charge in [-0.15, -0.1) is 0 Å². The molecule has 2 heterocycles. The first-order valence-electron chi connectivity index (χ1n) is 12.9. The van der Waals surface area contributed by atoms with Gasteiger partial charge in [-0.2, -0.15) is 5.10 Å². The Morgan fingerprint density at radius 3 is 2.43 bits per heavy atom. The summed E-state index contributed by atoms with van der Waals surface area (Å²) in [6.07, 6.45) is 8.87. The van der Waals surface area contributed by atoms with Crippen molar-refractivity contribution < 1.29 is 4.79 Å². The van der Waals surface area contributed by atoms with E-state index in [-0.39, 0.29) is 11.9 Å². The topological polar surface area (TPSA) is 59.8 Å². The first kappa shape index (κ1) is 23.3. The average Bonchev–Trinajstić information content (AvgIpc) is 3.07. The van der Waals surface area contributed by atoms with Gasteiger partial charge in [-0.25, -0.2) is 9.67 Å². The Hall–Kier alpha value is -3.47. The number of hydrogen-bond acceptors (Lipinski definition) is 3. The first-order valence-corrected chi connectivity index (χ1v) is 12.9. The second kappa shape index (κ2) is 10.0. The van der Waals surface area contributed by atoms with Crippen molar-refractivity contribution in [3.63, 3.8) is 0 Å². The Bertz CT molecular complexity index is 1330. The summed E-state index contributed by atoms with van der Waals surface area (Å²) in [6.45, 7) is 6.45. The first-order chi connectivity index (χ1) is 17.0. The predicted molar refractivity (Wildman–Crippen MR) is 142 cm³/mol. The smallest absolute Gasteiger partial charge is 0.252 e. The highest BCUT2D eigenvalue weighted by Crippen LogP contribution is 2.29. The Morgan fingerprint density at radius 2 is 1.71 bits per heavy atom. The minimum atomic E-state index is -0.00827. The lowest BCUT2D eigenvalue weighted by molar-refractivity contribution is 0.0935. The Kier molecular flexibility index (Phi) is 6.67. The van der Waals surface area contributed by atoms with Crippen molar-refractivity contribution in [3.8, 4) is 16.9 Å². The SMILES string of the molecule is Cc1c(-c2cc(C(=O)NC3CCCCCC3)c3ccccc3n2)cnn1-c1ccc(C(C)C)cc1. The number of nitrogens with one attached hydrogen (secondary N) is 1. The maximum Gasteiger partial charge on any atom is 0.252 e. The molecule has 1 aliphatic rings. The van der Waals surface area contributed by atoms with E-state index in [1.165, 1.54) is 31.2 Å². The lowest BCUT2D eigenvalue weighted by Crippen LogP contribution is -2.34. The van der Waals surface area contributed by atoms with Crippen LogP contribution in [0.15, 0.2) is 60.8 Å². The van der Waals surface area contributed by atoms with E-state index in [9.17, 15) is 4.79 Å². The van der Waals surface area contributed by atoms with Gasteiger partial charge in [0.2, 0.25) is 0 Å². The molecule has 2 aromatic heterocycles. The van der Waals surface area contributed by atoms with E-state index in [1.807, 2.05) is 41.2 Å². The van der Waals surface area contributed by atoms with Crippen LogP contribution in [0.1, 0.15) is 79.9 Å². The van der Waals surface area contributed by atoms with Crippen LogP contribution >= 0.6 is 0 Å². The standard InChI is InChI=1S/C30H34N4O/c1-20(2)22-14-16-24(17-15-22)34-21(3)27(19-31-34)29-18-26(25-12-8-9-13-28(25)33-29)30(35)32-23-10-6-4-5-7-11-23/h8-9,12-20,23H,4-7,10-11H2,1-3H3,(H,32,35). The van der Waals surface area contributed by atoms with Crippen LogP contribution in [-0.2, 0) is 0 Å². The molecule has 4 aromatic rings. The number of fused-ring (bicyclic) bond motifs is 1. The number of aromatic nitrogens is 3. The summed E-state index contributed by atoms with van der Waals surface area (Å²) in [4.78, 5) is 18.4. The lowest BCUT2D eigenvalue weighted by Gasteiger charge is -2.17. The van der Waals surface area contributed by atoms with Crippen LogP contribution in [0.5, 0.6) is 0 Å². The minimum Gasteiger partial charge on any atom is -0.349 e. The van der Waals surface area contributed by atoms with Gasteiger partial charge in [-0.1, -0.05) is 69.9 Å². The number of pyridine rings is 1. The second-order valence-electron chi connectivity index (χ2n) is 10.0. The molecule has 0 saturated heterocycles. The van der Waals surface area contributed by atoms with Crippen LogP contribution < -0.4 is 5.32 Å². The summed E-state index contributed by atoms with van der Waals surface area (Å²) in [7, 11) is 0. The number of amides is 1. The van der Waals surface area contributed by atoms with Crippen molar-refractivity contribution in [1.82, 2.24) is 20.1 Å². The van der Waals surface area contributed by atoms with Crippen LogP contribution in [0.25, 0.3) is 27.8 Å².